The van der Waals surface area contributed by atoms with Crippen molar-refractivity contribution in [3.8, 4) is 0 Å². The van der Waals surface area contributed by atoms with Gasteiger partial charge in [0.05, 0.1) is 12.0 Å². The standard InChI is InChI=1S/C35H44N2/c1-3-4-5-12-25-36(30-20-10-6-15-26(30)2)33-23-14-24-34-35(33)29-19-9-11-21-32(29)37(34)31-22-13-17-27-16-7-8-18-28(27)31/h7-9,11,13-14,16-19,21,23-24,27-28,31,33,35H,3-6,10,12,15,20,22,25H2,1-2H3. The summed E-state index contributed by atoms with van der Waals surface area (Å²) in [6.07, 6.45) is 33.1. The fourth-order valence-corrected chi connectivity index (χ4v) is 7.62. The highest BCUT2D eigenvalue weighted by atomic mass is 15.2. The zero-order chi connectivity index (χ0) is 25.2. The third kappa shape index (κ3) is 4.58. The van der Waals surface area contributed by atoms with Crippen molar-refractivity contribution in [3.63, 3.8) is 0 Å². The molecule has 0 saturated carbocycles. The molecule has 0 N–H and O–H groups in total. The molecule has 0 amide bonds. The Morgan fingerprint density at radius 2 is 1.78 bits per heavy atom. The Bertz CT molecular complexity index is 1160. The summed E-state index contributed by atoms with van der Waals surface area (Å²) in [7, 11) is 0. The van der Waals surface area contributed by atoms with Gasteiger partial charge in [-0.15, -0.1) is 0 Å². The molecule has 2 nitrogen and oxygen atoms in total. The highest BCUT2D eigenvalue weighted by Crippen LogP contribution is 2.52. The molecule has 5 atom stereocenters. The first-order valence-corrected chi connectivity index (χ1v) is 15.0. The van der Waals surface area contributed by atoms with Gasteiger partial charge in [0, 0.05) is 41.5 Å². The van der Waals surface area contributed by atoms with E-state index in [0.29, 0.717) is 29.8 Å². The number of fused-ring (bicyclic) bond motifs is 4. The maximum Gasteiger partial charge on any atom is 0.0597 e. The Kier molecular flexibility index (Phi) is 7.27. The summed E-state index contributed by atoms with van der Waals surface area (Å²) in [6.45, 7) is 5.90. The van der Waals surface area contributed by atoms with Gasteiger partial charge < -0.3 is 9.80 Å². The molecule has 0 spiro atoms. The molecule has 2 heteroatoms. The fraction of sp³-hybridized carbons (Fsp3) is 0.486. The van der Waals surface area contributed by atoms with Crippen LogP contribution < -0.4 is 4.90 Å². The average Bonchev–Trinajstić information content (AvgIpc) is 3.28. The smallest absolute Gasteiger partial charge is 0.0597 e. The summed E-state index contributed by atoms with van der Waals surface area (Å²) in [5, 5.41) is 0. The van der Waals surface area contributed by atoms with E-state index < -0.39 is 0 Å². The van der Waals surface area contributed by atoms with E-state index in [1.54, 1.807) is 11.3 Å². The lowest BCUT2D eigenvalue weighted by atomic mass is 9.77. The minimum atomic E-state index is 0.396. The minimum absolute atomic E-state index is 0.396. The second-order valence-electron chi connectivity index (χ2n) is 11.7. The topological polar surface area (TPSA) is 6.48 Å². The van der Waals surface area contributed by atoms with E-state index in [4.69, 9.17) is 0 Å². The van der Waals surface area contributed by atoms with E-state index in [0.717, 1.165) is 6.42 Å². The number of benzene rings is 1. The van der Waals surface area contributed by atoms with Gasteiger partial charge in [0.2, 0.25) is 0 Å². The van der Waals surface area contributed by atoms with Crippen molar-refractivity contribution in [3.05, 3.63) is 101 Å². The molecular weight excluding hydrogens is 448 g/mol. The van der Waals surface area contributed by atoms with E-state index in [1.165, 1.54) is 74.9 Å². The van der Waals surface area contributed by atoms with Crippen molar-refractivity contribution in [2.24, 2.45) is 11.8 Å². The molecule has 1 aromatic carbocycles. The number of allylic oxidation sites excluding steroid dienone is 8. The maximum atomic E-state index is 2.85. The Labute approximate surface area is 224 Å². The number of hydrogen-bond acceptors (Lipinski definition) is 2. The van der Waals surface area contributed by atoms with E-state index in [-0.39, 0.29) is 0 Å². The van der Waals surface area contributed by atoms with Crippen molar-refractivity contribution in [2.75, 3.05) is 11.4 Å². The number of nitrogens with zero attached hydrogens (tertiary/aromatic N) is 2. The predicted molar refractivity (Wildman–Crippen MR) is 157 cm³/mol. The number of rotatable bonds is 8. The molecule has 0 bridgehead atoms. The molecule has 1 aliphatic heterocycles. The summed E-state index contributed by atoms with van der Waals surface area (Å²) in [5.74, 6) is 1.44. The van der Waals surface area contributed by atoms with Crippen LogP contribution in [0.2, 0.25) is 0 Å². The normalized spacial score (nSPS) is 29.7. The van der Waals surface area contributed by atoms with Gasteiger partial charge in [-0.25, -0.2) is 0 Å². The van der Waals surface area contributed by atoms with Crippen LogP contribution in [0.4, 0.5) is 5.69 Å². The largest absolute Gasteiger partial charge is 0.367 e. The molecule has 5 unspecified atom stereocenters. The Hall–Kier alpha value is -2.74. The van der Waals surface area contributed by atoms with Gasteiger partial charge >= 0.3 is 0 Å². The summed E-state index contributed by atoms with van der Waals surface area (Å²) in [4.78, 5) is 5.60. The summed E-state index contributed by atoms with van der Waals surface area (Å²) in [5.41, 5.74) is 7.76. The van der Waals surface area contributed by atoms with Crippen LogP contribution in [0, 0.1) is 11.8 Å². The molecule has 5 aliphatic rings. The van der Waals surface area contributed by atoms with Gasteiger partial charge in [0.1, 0.15) is 0 Å². The minimum Gasteiger partial charge on any atom is -0.367 e. The van der Waals surface area contributed by atoms with Crippen LogP contribution in [0.25, 0.3) is 0 Å². The second kappa shape index (κ2) is 10.9. The molecule has 6 rings (SSSR count). The van der Waals surface area contributed by atoms with Gasteiger partial charge in [-0.2, -0.15) is 0 Å². The lowest BCUT2D eigenvalue weighted by molar-refractivity contribution is 0.245. The molecule has 37 heavy (non-hydrogen) atoms. The van der Waals surface area contributed by atoms with Crippen LogP contribution in [0.3, 0.4) is 0 Å². The SMILES string of the molecule is CCCCCCN(C1=C(C)CCCC1)C1C=CC=C2C1c1ccccc1N2C1CC=CC2C=CC=CC21. The highest BCUT2D eigenvalue weighted by molar-refractivity contribution is 5.71. The number of hydrogen-bond donors (Lipinski definition) is 0. The van der Waals surface area contributed by atoms with Crippen molar-refractivity contribution in [1.29, 1.82) is 0 Å². The molecule has 0 radical (unpaired) electrons. The monoisotopic (exact) mass is 492 g/mol. The molecule has 0 saturated heterocycles. The van der Waals surface area contributed by atoms with Gasteiger partial charge in [0.25, 0.3) is 0 Å². The fourth-order valence-electron chi connectivity index (χ4n) is 7.62. The van der Waals surface area contributed by atoms with Crippen LogP contribution in [0.5, 0.6) is 0 Å². The lowest BCUT2D eigenvalue weighted by Gasteiger charge is -2.44. The Morgan fingerprint density at radius 1 is 0.919 bits per heavy atom. The third-order valence-corrected chi connectivity index (χ3v) is 9.45. The van der Waals surface area contributed by atoms with Crippen molar-refractivity contribution in [2.45, 2.75) is 89.6 Å². The predicted octanol–water partition coefficient (Wildman–Crippen LogP) is 8.83. The molecular formula is C35H44N2. The lowest BCUT2D eigenvalue weighted by Crippen LogP contribution is -2.45. The Morgan fingerprint density at radius 3 is 2.68 bits per heavy atom. The quantitative estimate of drug-likeness (QED) is 0.264. The number of unbranched alkanes of at least 4 members (excludes halogenated alkanes) is 3. The zero-order valence-electron chi connectivity index (χ0n) is 22.9. The van der Waals surface area contributed by atoms with Crippen LogP contribution in [0.15, 0.2) is 95.9 Å². The van der Waals surface area contributed by atoms with Gasteiger partial charge in [-0.3, -0.25) is 0 Å². The third-order valence-electron chi connectivity index (χ3n) is 9.45. The first-order chi connectivity index (χ1) is 18.3. The van der Waals surface area contributed by atoms with E-state index >= 15 is 0 Å². The van der Waals surface area contributed by atoms with E-state index in [2.05, 4.69) is 103 Å². The molecule has 0 aromatic heterocycles. The first-order valence-electron chi connectivity index (χ1n) is 15.0. The van der Waals surface area contributed by atoms with Gasteiger partial charge in [0.15, 0.2) is 0 Å². The average molecular weight is 493 g/mol. The number of para-hydroxylation sites is 1. The van der Waals surface area contributed by atoms with Crippen LogP contribution in [0.1, 0.15) is 83.1 Å². The maximum absolute atomic E-state index is 2.85. The summed E-state index contributed by atoms with van der Waals surface area (Å²) >= 11 is 0. The highest BCUT2D eigenvalue weighted by Gasteiger charge is 2.46. The molecule has 0 fully saturated rings. The van der Waals surface area contributed by atoms with Crippen molar-refractivity contribution >= 4 is 5.69 Å². The molecule has 4 aliphatic carbocycles. The van der Waals surface area contributed by atoms with Crippen molar-refractivity contribution < 1.29 is 0 Å². The van der Waals surface area contributed by atoms with Crippen LogP contribution in [-0.4, -0.2) is 23.5 Å². The van der Waals surface area contributed by atoms with Gasteiger partial charge in [-0.1, -0.05) is 98.6 Å². The van der Waals surface area contributed by atoms with Gasteiger partial charge in [-0.05, 0) is 63.2 Å². The summed E-state index contributed by atoms with van der Waals surface area (Å²) < 4.78 is 0. The molecule has 1 heterocycles. The van der Waals surface area contributed by atoms with E-state index in [1.807, 2.05) is 0 Å². The van der Waals surface area contributed by atoms with Crippen LogP contribution in [-0.2, 0) is 0 Å². The number of anilines is 1. The molecule has 194 valence electrons. The molecule has 1 aromatic rings. The first kappa shape index (κ1) is 24.6. The van der Waals surface area contributed by atoms with Crippen LogP contribution >= 0.6 is 0 Å². The van der Waals surface area contributed by atoms with Crippen molar-refractivity contribution in [1.82, 2.24) is 4.90 Å². The Balaban J connectivity index is 1.38. The second-order valence-corrected chi connectivity index (χ2v) is 11.7. The zero-order valence-corrected chi connectivity index (χ0v) is 22.9. The summed E-state index contributed by atoms with van der Waals surface area (Å²) in [6, 6.07) is 10.2. The van der Waals surface area contributed by atoms with E-state index in [9.17, 15) is 0 Å².